The van der Waals surface area contributed by atoms with Crippen molar-refractivity contribution in [2.75, 3.05) is 6.54 Å². The monoisotopic (exact) mass is 179 g/mol. The minimum atomic E-state index is 0.494. The molecule has 2 heteroatoms. The van der Waals surface area contributed by atoms with Crippen molar-refractivity contribution in [3.05, 3.63) is 35.9 Å². The van der Waals surface area contributed by atoms with Crippen LogP contribution < -0.4 is 0 Å². The zero-order chi connectivity index (χ0) is 9.68. The van der Waals surface area contributed by atoms with E-state index < -0.39 is 0 Å². The van der Waals surface area contributed by atoms with Crippen LogP contribution in [0.15, 0.2) is 30.3 Å². The molecule has 13 heavy (non-hydrogen) atoms. The molecular formula is C11H17NO. The van der Waals surface area contributed by atoms with Crippen LogP contribution in [-0.2, 0) is 6.54 Å². The fraction of sp³-hybridized carbons (Fsp3) is 0.455. The summed E-state index contributed by atoms with van der Waals surface area (Å²) in [5.74, 6) is 0.494. The molecule has 0 aliphatic heterocycles. The standard InChI is InChI=1S/C11H17NO/c1-10(2)8-12(13)9-11-6-4-3-5-7-11/h3-7,10,13H,8-9H2,1-2H3. The quantitative estimate of drug-likeness (QED) is 0.718. The van der Waals surface area contributed by atoms with Gasteiger partial charge in [-0.1, -0.05) is 44.2 Å². The Bertz CT molecular complexity index is 233. The Labute approximate surface area is 79.8 Å². The van der Waals surface area contributed by atoms with Gasteiger partial charge in [0.2, 0.25) is 0 Å². The van der Waals surface area contributed by atoms with Gasteiger partial charge < -0.3 is 5.21 Å². The fourth-order valence-electron chi connectivity index (χ4n) is 1.28. The van der Waals surface area contributed by atoms with Gasteiger partial charge in [-0.25, -0.2) is 0 Å². The first-order chi connectivity index (χ1) is 6.18. The second kappa shape index (κ2) is 5.00. The molecule has 1 aromatic carbocycles. The van der Waals surface area contributed by atoms with E-state index in [0.29, 0.717) is 12.5 Å². The van der Waals surface area contributed by atoms with Gasteiger partial charge in [0.25, 0.3) is 0 Å². The van der Waals surface area contributed by atoms with Gasteiger partial charge in [0.15, 0.2) is 0 Å². The Kier molecular flexibility index (Phi) is 3.93. The van der Waals surface area contributed by atoms with Crippen molar-refractivity contribution in [1.29, 1.82) is 0 Å². The average molecular weight is 179 g/mol. The highest BCUT2D eigenvalue weighted by Gasteiger charge is 2.03. The summed E-state index contributed by atoms with van der Waals surface area (Å²) < 4.78 is 0. The highest BCUT2D eigenvalue weighted by molar-refractivity contribution is 5.13. The van der Waals surface area contributed by atoms with Crippen LogP contribution >= 0.6 is 0 Å². The first kappa shape index (κ1) is 10.2. The molecule has 1 rings (SSSR count). The summed E-state index contributed by atoms with van der Waals surface area (Å²) in [5, 5.41) is 10.9. The number of hydroxylamine groups is 2. The van der Waals surface area contributed by atoms with Crippen LogP contribution in [-0.4, -0.2) is 16.8 Å². The van der Waals surface area contributed by atoms with E-state index in [9.17, 15) is 5.21 Å². The van der Waals surface area contributed by atoms with E-state index >= 15 is 0 Å². The molecule has 0 amide bonds. The minimum absolute atomic E-state index is 0.494. The van der Waals surface area contributed by atoms with E-state index in [4.69, 9.17) is 0 Å². The topological polar surface area (TPSA) is 23.5 Å². The summed E-state index contributed by atoms with van der Waals surface area (Å²) in [6, 6.07) is 9.98. The SMILES string of the molecule is CC(C)CN(O)Cc1ccccc1. The van der Waals surface area contributed by atoms with Gasteiger partial charge in [-0.15, -0.1) is 0 Å². The molecular weight excluding hydrogens is 162 g/mol. The van der Waals surface area contributed by atoms with Gasteiger partial charge in [-0.3, -0.25) is 0 Å². The smallest absolute Gasteiger partial charge is 0.0488 e. The van der Waals surface area contributed by atoms with Gasteiger partial charge in [0.1, 0.15) is 0 Å². The molecule has 0 unspecified atom stereocenters. The Balaban J connectivity index is 2.41. The van der Waals surface area contributed by atoms with E-state index in [1.165, 1.54) is 5.06 Å². The molecule has 0 saturated carbocycles. The summed E-state index contributed by atoms with van der Waals surface area (Å²) in [6.45, 7) is 5.51. The van der Waals surface area contributed by atoms with Crippen molar-refractivity contribution in [3.63, 3.8) is 0 Å². The zero-order valence-electron chi connectivity index (χ0n) is 8.27. The molecule has 0 radical (unpaired) electrons. The molecule has 1 N–H and O–H groups in total. The molecule has 1 aromatic rings. The third kappa shape index (κ3) is 4.06. The first-order valence-electron chi connectivity index (χ1n) is 4.66. The fourth-order valence-corrected chi connectivity index (χ4v) is 1.28. The summed E-state index contributed by atoms with van der Waals surface area (Å²) >= 11 is 0. The molecule has 0 fully saturated rings. The van der Waals surface area contributed by atoms with Crippen molar-refractivity contribution < 1.29 is 5.21 Å². The second-order valence-electron chi connectivity index (χ2n) is 3.73. The number of hydrogen-bond donors (Lipinski definition) is 1. The molecule has 0 atom stereocenters. The summed E-state index contributed by atoms with van der Waals surface area (Å²) in [4.78, 5) is 0. The van der Waals surface area contributed by atoms with Gasteiger partial charge in [0.05, 0.1) is 0 Å². The lowest BCUT2D eigenvalue weighted by Crippen LogP contribution is -2.23. The number of nitrogens with zero attached hydrogens (tertiary/aromatic N) is 1. The van der Waals surface area contributed by atoms with E-state index in [1.807, 2.05) is 30.3 Å². The van der Waals surface area contributed by atoms with Crippen LogP contribution in [0.5, 0.6) is 0 Å². The molecule has 0 spiro atoms. The summed E-state index contributed by atoms with van der Waals surface area (Å²) in [7, 11) is 0. The Morgan fingerprint density at radius 1 is 1.23 bits per heavy atom. The molecule has 0 aliphatic rings. The number of rotatable bonds is 4. The maximum Gasteiger partial charge on any atom is 0.0488 e. The number of hydrogen-bond acceptors (Lipinski definition) is 2. The van der Waals surface area contributed by atoms with Crippen molar-refractivity contribution >= 4 is 0 Å². The van der Waals surface area contributed by atoms with Crippen LogP contribution in [0.2, 0.25) is 0 Å². The van der Waals surface area contributed by atoms with Crippen LogP contribution in [0.3, 0.4) is 0 Å². The molecule has 0 saturated heterocycles. The predicted molar refractivity (Wildman–Crippen MR) is 53.5 cm³/mol. The van der Waals surface area contributed by atoms with Crippen molar-refractivity contribution in [2.24, 2.45) is 5.92 Å². The Morgan fingerprint density at radius 2 is 1.85 bits per heavy atom. The van der Waals surface area contributed by atoms with Gasteiger partial charge in [-0.05, 0) is 11.5 Å². The molecule has 0 aromatic heterocycles. The first-order valence-corrected chi connectivity index (χ1v) is 4.66. The van der Waals surface area contributed by atoms with Crippen molar-refractivity contribution in [1.82, 2.24) is 5.06 Å². The van der Waals surface area contributed by atoms with Crippen LogP contribution in [0, 0.1) is 5.92 Å². The maximum absolute atomic E-state index is 9.51. The zero-order valence-corrected chi connectivity index (χ0v) is 8.27. The predicted octanol–water partition coefficient (Wildman–Crippen LogP) is 2.53. The van der Waals surface area contributed by atoms with Gasteiger partial charge >= 0.3 is 0 Å². The molecule has 2 nitrogen and oxygen atoms in total. The lowest BCUT2D eigenvalue weighted by molar-refractivity contribution is -0.107. The largest absolute Gasteiger partial charge is 0.314 e. The van der Waals surface area contributed by atoms with Crippen LogP contribution in [0.25, 0.3) is 0 Å². The normalized spacial score (nSPS) is 11.2. The lowest BCUT2D eigenvalue weighted by Gasteiger charge is -2.16. The summed E-state index contributed by atoms with van der Waals surface area (Å²) in [6.07, 6.45) is 0. The van der Waals surface area contributed by atoms with E-state index in [1.54, 1.807) is 0 Å². The molecule has 0 bridgehead atoms. The Hall–Kier alpha value is -0.860. The number of benzene rings is 1. The summed E-state index contributed by atoms with van der Waals surface area (Å²) in [5.41, 5.74) is 1.14. The minimum Gasteiger partial charge on any atom is -0.314 e. The van der Waals surface area contributed by atoms with Crippen molar-refractivity contribution in [3.8, 4) is 0 Å². The Morgan fingerprint density at radius 3 is 2.38 bits per heavy atom. The third-order valence-corrected chi connectivity index (χ3v) is 1.78. The van der Waals surface area contributed by atoms with E-state index in [2.05, 4.69) is 13.8 Å². The highest BCUT2D eigenvalue weighted by atomic mass is 16.5. The third-order valence-electron chi connectivity index (χ3n) is 1.78. The van der Waals surface area contributed by atoms with Crippen LogP contribution in [0.4, 0.5) is 0 Å². The maximum atomic E-state index is 9.51. The van der Waals surface area contributed by atoms with Crippen molar-refractivity contribution in [2.45, 2.75) is 20.4 Å². The van der Waals surface area contributed by atoms with E-state index in [0.717, 1.165) is 12.1 Å². The average Bonchev–Trinajstić information content (AvgIpc) is 2.04. The lowest BCUT2D eigenvalue weighted by atomic mass is 10.2. The van der Waals surface area contributed by atoms with Crippen LogP contribution in [0.1, 0.15) is 19.4 Å². The molecule has 0 heterocycles. The highest BCUT2D eigenvalue weighted by Crippen LogP contribution is 2.04. The second-order valence-corrected chi connectivity index (χ2v) is 3.73. The van der Waals surface area contributed by atoms with E-state index in [-0.39, 0.29) is 0 Å². The molecule has 72 valence electrons. The van der Waals surface area contributed by atoms with Gasteiger partial charge in [-0.2, -0.15) is 5.06 Å². The van der Waals surface area contributed by atoms with Gasteiger partial charge in [0, 0.05) is 13.1 Å². The molecule has 0 aliphatic carbocycles.